The number of fused-ring (bicyclic) bond motifs is 2. The van der Waals surface area contributed by atoms with Crippen LogP contribution in [-0.2, 0) is 12.0 Å². The van der Waals surface area contributed by atoms with E-state index in [1.54, 1.807) is 4.68 Å². The first-order valence-electron chi connectivity index (χ1n) is 10.2. The van der Waals surface area contributed by atoms with Crippen LogP contribution in [-0.4, -0.2) is 42.4 Å². The van der Waals surface area contributed by atoms with Crippen molar-refractivity contribution in [2.75, 3.05) is 5.75 Å². The Morgan fingerprint density at radius 3 is 2.47 bits per heavy atom. The zero-order valence-electron chi connectivity index (χ0n) is 18.4. The highest BCUT2D eigenvalue weighted by Crippen LogP contribution is 2.37. The number of nitrogens with zero attached hydrogens (tertiary/aromatic N) is 6. The lowest BCUT2D eigenvalue weighted by atomic mass is 9.86. The van der Waals surface area contributed by atoms with Gasteiger partial charge in [0.05, 0.1) is 34.9 Å². The maximum atomic E-state index is 13.5. The van der Waals surface area contributed by atoms with Crippen molar-refractivity contribution in [3.63, 3.8) is 0 Å². The van der Waals surface area contributed by atoms with Gasteiger partial charge >= 0.3 is 12.1 Å². The molecule has 0 unspecified atom stereocenters. The summed E-state index contributed by atoms with van der Waals surface area (Å²) in [6.07, 6.45) is -3.25. The summed E-state index contributed by atoms with van der Waals surface area (Å²) in [6, 6.07) is 9.40. The highest BCUT2D eigenvalue weighted by atomic mass is 32.2. The largest absolute Gasteiger partial charge is 0.455 e. The number of halogens is 5. The first kappa shape index (κ1) is 23.9. The van der Waals surface area contributed by atoms with Crippen molar-refractivity contribution >= 4 is 33.6 Å². The highest BCUT2D eigenvalue weighted by molar-refractivity contribution is 7.99. The second-order valence-corrected chi connectivity index (χ2v) is 9.48. The van der Waals surface area contributed by atoms with E-state index in [-0.39, 0.29) is 5.52 Å². The predicted molar refractivity (Wildman–Crippen MR) is 118 cm³/mol. The molecule has 0 aliphatic carbocycles. The molecule has 3 aromatic heterocycles. The Balaban J connectivity index is 1.79. The molecule has 0 aliphatic rings. The number of aromatic nitrogens is 5. The molecule has 12 heteroatoms. The normalized spacial score (nSPS) is 13.0. The number of nitriles is 1. The van der Waals surface area contributed by atoms with Gasteiger partial charge in [-0.15, -0.1) is 11.8 Å². The van der Waals surface area contributed by atoms with Crippen molar-refractivity contribution in [2.45, 2.75) is 49.9 Å². The molecule has 0 bridgehead atoms. The third kappa shape index (κ3) is 4.09. The van der Waals surface area contributed by atoms with E-state index in [0.717, 1.165) is 21.7 Å². The van der Waals surface area contributed by atoms with E-state index in [1.165, 1.54) is 30.2 Å². The van der Waals surface area contributed by atoms with Crippen LogP contribution in [0.1, 0.15) is 26.3 Å². The molecule has 178 valence electrons. The molecule has 0 aliphatic heterocycles. The van der Waals surface area contributed by atoms with Gasteiger partial charge in [-0.3, -0.25) is 4.68 Å². The molecule has 4 aromatic rings. The topological polar surface area (TPSA) is 72.3 Å². The van der Waals surface area contributed by atoms with Crippen LogP contribution >= 0.6 is 11.8 Å². The minimum absolute atomic E-state index is 0.0483. The fourth-order valence-corrected chi connectivity index (χ4v) is 4.29. The molecule has 0 saturated carbocycles. The molecular formula is C22H19F5N6S. The number of rotatable bonds is 6. The Bertz CT molecular complexity index is 1410. The Morgan fingerprint density at radius 2 is 1.82 bits per heavy atom. The van der Waals surface area contributed by atoms with Crippen molar-refractivity contribution in [3.05, 3.63) is 42.2 Å². The minimum Gasteiger partial charge on any atom is -0.257 e. The van der Waals surface area contributed by atoms with Crippen LogP contribution in [0.4, 0.5) is 22.0 Å². The zero-order chi connectivity index (χ0) is 24.9. The molecule has 0 radical (unpaired) electrons. The Hall–Kier alpha value is -3.20. The molecule has 0 fully saturated rings. The van der Waals surface area contributed by atoms with Crippen molar-refractivity contribution in [1.82, 2.24) is 24.5 Å². The van der Waals surface area contributed by atoms with E-state index in [9.17, 15) is 27.2 Å². The van der Waals surface area contributed by atoms with Gasteiger partial charge in [-0.2, -0.15) is 37.4 Å². The van der Waals surface area contributed by atoms with Crippen LogP contribution in [0, 0.1) is 11.3 Å². The van der Waals surface area contributed by atoms with Gasteiger partial charge in [0.15, 0.2) is 5.82 Å². The lowest BCUT2D eigenvalue weighted by Crippen LogP contribution is -2.40. The van der Waals surface area contributed by atoms with E-state index in [2.05, 4.69) is 21.3 Å². The molecule has 0 amide bonds. The molecule has 1 aromatic carbocycles. The number of benzene rings is 1. The van der Waals surface area contributed by atoms with Gasteiger partial charge in [0.25, 0.3) is 0 Å². The van der Waals surface area contributed by atoms with Crippen molar-refractivity contribution in [3.8, 4) is 11.9 Å². The third-order valence-electron chi connectivity index (χ3n) is 5.40. The van der Waals surface area contributed by atoms with E-state index in [4.69, 9.17) is 0 Å². The monoisotopic (exact) mass is 494 g/mol. The maximum absolute atomic E-state index is 13.5. The molecule has 0 N–H and O–H groups in total. The predicted octanol–water partition coefficient (Wildman–Crippen LogP) is 5.88. The molecule has 6 nitrogen and oxygen atoms in total. The summed E-state index contributed by atoms with van der Waals surface area (Å²) >= 11 is 1.52. The summed E-state index contributed by atoms with van der Waals surface area (Å²) in [4.78, 5) is 4.28. The second-order valence-electron chi connectivity index (χ2n) is 8.22. The minimum atomic E-state index is -5.68. The van der Waals surface area contributed by atoms with Gasteiger partial charge in [0.1, 0.15) is 11.6 Å². The third-order valence-corrected chi connectivity index (χ3v) is 6.36. The first-order chi connectivity index (χ1) is 15.9. The van der Waals surface area contributed by atoms with E-state index >= 15 is 0 Å². The molecular weight excluding hydrogens is 475 g/mol. The summed E-state index contributed by atoms with van der Waals surface area (Å²) < 4.78 is 67.1. The van der Waals surface area contributed by atoms with Gasteiger partial charge in [0, 0.05) is 10.8 Å². The lowest BCUT2D eigenvalue weighted by molar-refractivity contribution is -0.287. The van der Waals surface area contributed by atoms with E-state index < -0.39 is 24.1 Å². The first-order valence-corrected chi connectivity index (χ1v) is 11.2. The molecule has 0 saturated heterocycles. The number of pyridine rings is 1. The number of hydrogen-bond donors (Lipinski definition) is 0. The summed E-state index contributed by atoms with van der Waals surface area (Å²) in [7, 11) is 0. The van der Waals surface area contributed by atoms with E-state index in [1.807, 2.05) is 39.0 Å². The van der Waals surface area contributed by atoms with Crippen LogP contribution in [0.2, 0.25) is 0 Å². The number of thioether (sulfide) groups is 1. The van der Waals surface area contributed by atoms with E-state index in [0.29, 0.717) is 21.4 Å². The van der Waals surface area contributed by atoms with Crippen LogP contribution in [0.3, 0.4) is 0 Å². The van der Waals surface area contributed by atoms with Crippen LogP contribution < -0.4 is 0 Å². The zero-order valence-corrected chi connectivity index (χ0v) is 19.2. The Morgan fingerprint density at radius 1 is 1.09 bits per heavy atom. The number of alkyl halides is 5. The van der Waals surface area contributed by atoms with Crippen molar-refractivity contribution in [1.29, 1.82) is 5.26 Å². The summed E-state index contributed by atoms with van der Waals surface area (Å²) in [5.74, 6) is -3.83. The highest BCUT2D eigenvalue weighted by Gasteiger charge is 2.57. The molecule has 0 atom stereocenters. The smallest absolute Gasteiger partial charge is 0.257 e. The van der Waals surface area contributed by atoms with Gasteiger partial charge in [-0.1, -0.05) is 13.0 Å². The fraction of sp³-hybridized carbons (Fsp3) is 0.364. The molecule has 4 rings (SSSR count). The van der Waals surface area contributed by atoms with Crippen LogP contribution in [0.25, 0.3) is 27.6 Å². The summed E-state index contributed by atoms with van der Waals surface area (Å²) in [5, 5.41) is 19.8. The molecule has 3 heterocycles. The van der Waals surface area contributed by atoms with Gasteiger partial charge in [-0.25, -0.2) is 9.67 Å². The lowest BCUT2D eigenvalue weighted by Gasteiger charge is -2.19. The fourth-order valence-electron chi connectivity index (χ4n) is 3.43. The second kappa shape index (κ2) is 8.23. The van der Waals surface area contributed by atoms with Gasteiger partial charge in [-0.05, 0) is 43.4 Å². The standard InChI is InChI=1S/C22H19F5N6S/c1-4-34-19-15-6-5-14(20(2,3)11-28)8-16(15)31-33(19)18-7-13-9-30-32(17(13)10-29-18)12-21(23,24)22(25,26)27/h5-10H,4,12H2,1-3H3. The Labute approximate surface area is 195 Å². The van der Waals surface area contributed by atoms with Gasteiger partial charge < -0.3 is 0 Å². The average molecular weight is 494 g/mol. The Kier molecular flexibility index (Phi) is 5.80. The number of hydrogen-bond acceptors (Lipinski definition) is 5. The maximum Gasteiger partial charge on any atom is 0.455 e. The van der Waals surface area contributed by atoms with Crippen LogP contribution in [0.15, 0.2) is 41.7 Å². The van der Waals surface area contributed by atoms with Gasteiger partial charge in [0.2, 0.25) is 0 Å². The van der Waals surface area contributed by atoms with Crippen molar-refractivity contribution < 1.29 is 22.0 Å². The average Bonchev–Trinajstić information content (AvgIpc) is 3.33. The summed E-state index contributed by atoms with van der Waals surface area (Å²) in [5.41, 5.74) is 0.794. The SMILES string of the molecule is CCSc1c2ccc(C(C)(C)C#N)cc2nn1-c1cc2cnn(CC(F)(F)C(F)(F)F)c2cn1. The molecule has 0 spiro atoms. The van der Waals surface area contributed by atoms with Crippen molar-refractivity contribution in [2.24, 2.45) is 0 Å². The quantitative estimate of drug-likeness (QED) is 0.247. The summed E-state index contributed by atoms with van der Waals surface area (Å²) in [6.45, 7) is 3.95. The molecule has 34 heavy (non-hydrogen) atoms. The van der Waals surface area contributed by atoms with Crippen LogP contribution in [0.5, 0.6) is 0 Å².